The fourth-order valence-corrected chi connectivity index (χ4v) is 4.71. The largest absolute Gasteiger partial charge is 0.465 e. The third-order valence-electron chi connectivity index (χ3n) is 4.17. The molecule has 0 aliphatic rings. The molecule has 0 aliphatic carbocycles. The number of hydrogen-bond acceptors (Lipinski definition) is 8. The van der Waals surface area contributed by atoms with Crippen molar-refractivity contribution in [2.24, 2.45) is 0 Å². The Bertz CT molecular complexity index is 974. The fourth-order valence-electron chi connectivity index (χ4n) is 2.85. The zero-order valence-electron chi connectivity index (χ0n) is 17.5. The lowest BCUT2D eigenvalue weighted by molar-refractivity contribution is -0.142. The molecule has 30 heavy (non-hydrogen) atoms. The van der Waals surface area contributed by atoms with Crippen LogP contribution in [0.1, 0.15) is 37.5 Å². The molecule has 0 saturated heterocycles. The number of esters is 1. The van der Waals surface area contributed by atoms with Crippen molar-refractivity contribution in [1.29, 1.82) is 0 Å². The topological polar surface area (TPSA) is 82.8 Å². The second-order valence-electron chi connectivity index (χ2n) is 6.56. The van der Waals surface area contributed by atoms with Crippen molar-refractivity contribution in [3.63, 3.8) is 0 Å². The van der Waals surface area contributed by atoms with Crippen molar-refractivity contribution >= 4 is 29.5 Å². The van der Waals surface area contributed by atoms with Crippen LogP contribution in [0.5, 0.6) is 0 Å². The number of ether oxygens (including phenoxy) is 1. The summed E-state index contributed by atoms with van der Waals surface area (Å²) in [5.74, 6) is 1.10. The first-order valence-corrected chi connectivity index (χ1v) is 11.7. The number of carbonyl (C=O) groups excluding carboxylic acids is 1. The summed E-state index contributed by atoms with van der Waals surface area (Å²) in [4.78, 5) is 21.3. The minimum absolute atomic E-state index is 0.229. The molecule has 0 aliphatic heterocycles. The molecule has 2 heterocycles. The van der Waals surface area contributed by atoms with E-state index in [1.807, 2.05) is 68.7 Å². The van der Waals surface area contributed by atoms with Crippen LogP contribution in [0.4, 0.5) is 0 Å². The summed E-state index contributed by atoms with van der Waals surface area (Å²) >= 11 is 2.90. The second-order valence-corrected chi connectivity index (χ2v) is 8.67. The molecule has 0 bridgehead atoms. The lowest BCUT2D eigenvalue weighted by Crippen LogP contribution is -2.20. The van der Waals surface area contributed by atoms with Crippen molar-refractivity contribution < 1.29 is 9.53 Å². The van der Waals surface area contributed by atoms with Crippen molar-refractivity contribution in [3.8, 4) is 5.69 Å². The predicted octanol–water partition coefficient (Wildman–Crippen LogP) is 4.40. The highest BCUT2D eigenvalue weighted by atomic mass is 32.2. The van der Waals surface area contributed by atoms with Gasteiger partial charge in [0, 0.05) is 17.1 Å². The van der Waals surface area contributed by atoms with E-state index in [9.17, 15) is 4.79 Å². The summed E-state index contributed by atoms with van der Waals surface area (Å²) in [6.45, 7) is 8.05. The van der Waals surface area contributed by atoms with Crippen molar-refractivity contribution in [2.45, 2.75) is 55.4 Å². The zero-order valence-corrected chi connectivity index (χ0v) is 19.2. The zero-order chi connectivity index (χ0) is 21.5. The monoisotopic (exact) mass is 443 g/mol. The molecular weight excluding hydrogens is 418 g/mol. The molecule has 0 fully saturated rings. The van der Waals surface area contributed by atoms with Gasteiger partial charge in [-0.25, -0.2) is 9.97 Å². The number of benzene rings is 1. The Morgan fingerprint density at radius 3 is 2.43 bits per heavy atom. The first-order valence-electron chi connectivity index (χ1n) is 9.79. The number of aromatic nitrogens is 5. The molecule has 3 aromatic rings. The van der Waals surface area contributed by atoms with Crippen LogP contribution in [0.25, 0.3) is 5.69 Å². The smallest absolute Gasteiger partial charge is 0.319 e. The molecule has 1 atom stereocenters. The molecule has 0 amide bonds. The maximum atomic E-state index is 12.3. The number of para-hydroxylation sites is 1. The van der Waals surface area contributed by atoms with E-state index in [-0.39, 0.29) is 11.2 Å². The van der Waals surface area contributed by atoms with Crippen molar-refractivity contribution in [3.05, 3.63) is 53.6 Å². The molecule has 3 rings (SSSR count). The normalized spacial score (nSPS) is 12.0. The number of rotatable bonds is 9. The van der Waals surface area contributed by atoms with Gasteiger partial charge < -0.3 is 4.74 Å². The summed E-state index contributed by atoms with van der Waals surface area (Å²) in [6.07, 6.45) is 0.644. The lowest BCUT2D eigenvalue weighted by atomic mass is 10.3. The lowest BCUT2D eigenvalue weighted by Gasteiger charge is -2.14. The average molecular weight is 444 g/mol. The van der Waals surface area contributed by atoms with E-state index in [0.29, 0.717) is 29.1 Å². The summed E-state index contributed by atoms with van der Waals surface area (Å²) in [7, 11) is 0. The van der Waals surface area contributed by atoms with Crippen LogP contribution in [0.3, 0.4) is 0 Å². The van der Waals surface area contributed by atoms with Gasteiger partial charge in [0.05, 0.1) is 12.4 Å². The first kappa shape index (κ1) is 22.3. The van der Waals surface area contributed by atoms with Gasteiger partial charge in [-0.3, -0.25) is 9.36 Å². The Labute approximate surface area is 185 Å². The summed E-state index contributed by atoms with van der Waals surface area (Å²) in [6, 6.07) is 11.9. The van der Waals surface area contributed by atoms with E-state index in [2.05, 4.69) is 20.2 Å². The van der Waals surface area contributed by atoms with E-state index in [0.717, 1.165) is 22.9 Å². The molecule has 0 unspecified atom stereocenters. The van der Waals surface area contributed by atoms with Gasteiger partial charge >= 0.3 is 5.97 Å². The van der Waals surface area contributed by atoms with Crippen LogP contribution in [0, 0.1) is 13.8 Å². The van der Waals surface area contributed by atoms with Gasteiger partial charge in [0.1, 0.15) is 11.1 Å². The molecule has 1 aromatic carbocycles. The van der Waals surface area contributed by atoms with E-state index in [1.165, 1.54) is 23.5 Å². The fraction of sp³-hybridized carbons (Fsp3) is 0.381. The first-order chi connectivity index (χ1) is 14.5. The second kappa shape index (κ2) is 10.6. The quantitative estimate of drug-likeness (QED) is 0.273. The van der Waals surface area contributed by atoms with Gasteiger partial charge in [-0.05, 0) is 45.4 Å². The minimum atomic E-state index is -0.333. The number of aryl methyl sites for hydroxylation is 2. The molecule has 0 spiro atoms. The summed E-state index contributed by atoms with van der Waals surface area (Å²) in [5.41, 5.74) is 2.82. The van der Waals surface area contributed by atoms with E-state index >= 15 is 0 Å². The van der Waals surface area contributed by atoms with Crippen LogP contribution in [-0.4, -0.2) is 42.6 Å². The molecule has 2 aromatic heterocycles. The van der Waals surface area contributed by atoms with E-state index in [4.69, 9.17) is 4.74 Å². The van der Waals surface area contributed by atoms with Crippen molar-refractivity contribution in [1.82, 2.24) is 24.7 Å². The Balaban J connectivity index is 1.89. The molecule has 0 radical (unpaired) electrons. The maximum Gasteiger partial charge on any atom is 0.319 e. The van der Waals surface area contributed by atoms with E-state index in [1.54, 1.807) is 0 Å². The number of carbonyl (C=O) groups is 1. The molecule has 158 valence electrons. The van der Waals surface area contributed by atoms with Crippen LogP contribution in [0.2, 0.25) is 0 Å². The number of hydrogen-bond donors (Lipinski definition) is 0. The van der Waals surface area contributed by atoms with E-state index < -0.39 is 0 Å². The molecule has 7 nitrogen and oxygen atoms in total. The number of thioether (sulfide) groups is 2. The highest BCUT2D eigenvalue weighted by Crippen LogP contribution is 2.30. The Morgan fingerprint density at radius 2 is 1.80 bits per heavy atom. The van der Waals surface area contributed by atoms with Crippen LogP contribution in [-0.2, 0) is 15.3 Å². The third-order valence-corrected chi connectivity index (χ3v) is 6.30. The van der Waals surface area contributed by atoms with Gasteiger partial charge in [0.2, 0.25) is 0 Å². The molecule has 0 N–H and O–H groups in total. The van der Waals surface area contributed by atoms with Gasteiger partial charge in [-0.15, -0.1) is 10.2 Å². The molecular formula is C21H25N5O2S2. The average Bonchev–Trinajstić information content (AvgIpc) is 3.13. The summed E-state index contributed by atoms with van der Waals surface area (Å²) < 4.78 is 7.20. The van der Waals surface area contributed by atoms with Crippen LogP contribution < -0.4 is 0 Å². The third kappa shape index (κ3) is 5.60. The highest BCUT2D eigenvalue weighted by Gasteiger charge is 2.24. The minimum Gasteiger partial charge on any atom is -0.465 e. The number of nitrogens with zero attached hydrogens (tertiary/aromatic N) is 5. The highest BCUT2D eigenvalue weighted by molar-refractivity contribution is 8.00. The molecule has 0 saturated carbocycles. The molecule has 9 heteroatoms. The Morgan fingerprint density at radius 1 is 1.10 bits per heavy atom. The van der Waals surface area contributed by atoms with Crippen molar-refractivity contribution in [2.75, 3.05) is 6.61 Å². The van der Waals surface area contributed by atoms with Gasteiger partial charge in [-0.2, -0.15) is 0 Å². The Hall–Kier alpha value is -2.39. The van der Waals surface area contributed by atoms with Gasteiger partial charge in [0.15, 0.2) is 10.3 Å². The predicted molar refractivity (Wildman–Crippen MR) is 119 cm³/mol. The van der Waals surface area contributed by atoms with Crippen LogP contribution in [0.15, 0.2) is 46.7 Å². The SMILES string of the molecule is CCOC(=O)[C@@H](CC)Sc1nnc(CSc2nc(C)cc(C)n2)n1-c1ccccc1. The van der Waals surface area contributed by atoms with Gasteiger partial charge in [-0.1, -0.05) is 48.6 Å². The summed E-state index contributed by atoms with van der Waals surface area (Å²) in [5, 5.41) is 9.83. The Kier molecular flexibility index (Phi) is 7.87. The standard InChI is InChI=1S/C21H25N5O2S2/c1-5-17(19(27)28-6-2)30-21-25-24-18(26(21)16-10-8-7-9-11-16)13-29-20-22-14(3)12-15(4)23-20/h7-12,17H,5-6,13H2,1-4H3/t17-/m1/s1. The van der Waals surface area contributed by atoms with Crippen LogP contribution >= 0.6 is 23.5 Å². The van der Waals surface area contributed by atoms with Gasteiger partial charge in [0.25, 0.3) is 0 Å². The maximum absolute atomic E-state index is 12.3.